The lowest BCUT2D eigenvalue weighted by Gasteiger charge is -2.32. The van der Waals surface area contributed by atoms with Crippen LogP contribution in [0.2, 0.25) is 0 Å². The van der Waals surface area contributed by atoms with E-state index in [0.717, 1.165) is 68.3 Å². The molecule has 5 heterocycles. The number of likely N-dealkylation sites (tertiary alicyclic amines) is 2. The summed E-state index contributed by atoms with van der Waals surface area (Å²) in [6, 6.07) is 21.6. The lowest BCUT2D eigenvalue weighted by Crippen LogP contribution is -2.52. The van der Waals surface area contributed by atoms with Gasteiger partial charge in [0.1, 0.15) is 36.1 Å². The number of ether oxygens (including phenoxy) is 3. The Morgan fingerprint density at radius 2 is 1.62 bits per heavy atom. The molecule has 4 amide bonds. The largest absolute Gasteiger partial charge is 0.488 e. The summed E-state index contributed by atoms with van der Waals surface area (Å²) in [6.45, 7) is 8.85. The molecule has 15 heteroatoms. The van der Waals surface area contributed by atoms with E-state index in [2.05, 4.69) is 63.9 Å². The number of rotatable bonds is 9. The first-order valence-corrected chi connectivity index (χ1v) is 21.6. The van der Waals surface area contributed by atoms with Crippen molar-refractivity contribution in [3.63, 3.8) is 0 Å². The third-order valence-electron chi connectivity index (χ3n) is 12.8. The van der Waals surface area contributed by atoms with E-state index in [1.165, 1.54) is 14.2 Å². The second kappa shape index (κ2) is 16.8. The summed E-state index contributed by atoms with van der Waals surface area (Å²) in [4.78, 5) is 73.2. The molecule has 0 bridgehead atoms. The Morgan fingerprint density at radius 1 is 0.841 bits per heavy atom. The van der Waals surface area contributed by atoms with Crippen LogP contribution in [0.4, 0.5) is 9.59 Å². The maximum atomic E-state index is 14.3. The van der Waals surface area contributed by atoms with Crippen LogP contribution in [0.15, 0.2) is 79.0 Å². The van der Waals surface area contributed by atoms with E-state index in [9.17, 15) is 19.2 Å². The zero-order valence-electron chi connectivity index (χ0n) is 36.2. The number of amides is 4. The van der Waals surface area contributed by atoms with Gasteiger partial charge in [-0.3, -0.25) is 9.59 Å². The third kappa shape index (κ3) is 7.69. The summed E-state index contributed by atoms with van der Waals surface area (Å²) in [5, 5.41) is 7.45. The quantitative estimate of drug-likeness (QED) is 0.112. The van der Waals surface area contributed by atoms with E-state index in [1.807, 2.05) is 73.2 Å². The number of H-pyrrole nitrogens is 2. The summed E-state index contributed by atoms with van der Waals surface area (Å²) in [7, 11) is 2.58. The number of carbonyl (C=O) groups is 4. The van der Waals surface area contributed by atoms with Gasteiger partial charge in [0, 0.05) is 23.5 Å². The average Bonchev–Trinajstić information content (AvgIpc) is 4.12. The fourth-order valence-corrected chi connectivity index (χ4v) is 9.60. The Balaban J connectivity index is 0.972. The Morgan fingerprint density at radius 3 is 2.38 bits per heavy atom. The Bertz CT molecular complexity index is 2730. The van der Waals surface area contributed by atoms with E-state index >= 15 is 0 Å². The molecule has 6 atom stereocenters. The number of benzene rings is 4. The summed E-state index contributed by atoms with van der Waals surface area (Å²) in [6.07, 6.45) is 2.78. The number of fused-ring (bicyclic) bond motifs is 6. The van der Waals surface area contributed by atoms with Gasteiger partial charge in [-0.25, -0.2) is 19.6 Å². The van der Waals surface area contributed by atoms with Crippen LogP contribution in [0.5, 0.6) is 5.75 Å². The predicted molar refractivity (Wildman–Crippen MR) is 236 cm³/mol. The molecule has 15 nitrogen and oxygen atoms in total. The number of methoxy groups -OCH3 is 2. The average molecular weight is 853 g/mol. The fraction of sp³-hybridized carbons (Fsp3) is 0.375. The predicted octanol–water partition coefficient (Wildman–Crippen LogP) is 8.11. The first-order chi connectivity index (χ1) is 30.4. The molecular formula is C48H52N8O7. The number of imidazole rings is 2. The normalized spacial score (nSPS) is 20.2. The Kier molecular flexibility index (Phi) is 11.0. The van der Waals surface area contributed by atoms with Gasteiger partial charge >= 0.3 is 12.2 Å². The van der Waals surface area contributed by atoms with Crippen molar-refractivity contribution in [2.45, 2.75) is 83.8 Å². The van der Waals surface area contributed by atoms with Crippen molar-refractivity contribution in [2.75, 3.05) is 20.8 Å². The number of aromatic amines is 2. The highest BCUT2D eigenvalue weighted by Crippen LogP contribution is 2.44. The number of hydrogen-bond donors (Lipinski definition) is 4. The minimum absolute atomic E-state index is 0.0196. The monoisotopic (exact) mass is 852 g/mol. The minimum atomic E-state index is -0.915. The number of carbonyl (C=O) groups excluding carboxylic acids is 4. The summed E-state index contributed by atoms with van der Waals surface area (Å²) in [5.74, 6) is 1.87. The van der Waals surface area contributed by atoms with Crippen LogP contribution in [0, 0.1) is 11.8 Å². The van der Waals surface area contributed by atoms with Crippen LogP contribution in [0.3, 0.4) is 0 Å². The summed E-state index contributed by atoms with van der Waals surface area (Å²) < 4.78 is 16.1. The molecule has 63 heavy (non-hydrogen) atoms. The van der Waals surface area contributed by atoms with E-state index < -0.39 is 24.3 Å². The SMILES string of the molecule is COC(=O)NC(C(=O)N1[C@@H](C)CC[C@H]1c1ncc(-c2ccc3c(c2)COc2cc4c(ccc5nc([C@@H]6C[C@H](C)CN6C(=O)[C@H](NC(=O)OC)c6ccccc6)[nH]c54)cc2-3)[nH]1)C(C)C. The van der Waals surface area contributed by atoms with Gasteiger partial charge in [-0.15, -0.1) is 0 Å². The van der Waals surface area contributed by atoms with Crippen molar-refractivity contribution < 1.29 is 33.4 Å². The molecule has 6 aromatic rings. The molecule has 326 valence electrons. The second-order valence-electron chi connectivity index (χ2n) is 17.4. The summed E-state index contributed by atoms with van der Waals surface area (Å²) >= 11 is 0. The van der Waals surface area contributed by atoms with Gasteiger partial charge in [-0.05, 0) is 89.9 Å². The van der Waals surface area contributed by atoms with Gasteiger partial charge in [0.2, 0.25) is 5.91 Å². The molecule has 2 saturated heterocycles. The zero-order valence-corrected chi connectivity index (χ0v) is 36.2. The van der Waals surface area contributed by atoms with E-state index in [1.54, 1.807) is 0 Å². The number of nitrogens with zero attached hydrogens (tertiary/aromatic N) is 4. The number of alkyl carbamates (subject to hydrolysis) is 2. The number of hydrogen-bond acceptors (Lipinski definition) is 9. The lowest BCUT2D eigenvalue weighted by molar-refractivity contribution is -0.137. The van der Waals surface area contributed by atoms with Gasteiger partial charge in [-0.2, -0.15) is 0 Å². The van der Waals surface area contributed by atoms with Crippen LogP contribution in [0.25, 0.3) is 44.2 Å². The summed E-state index contributed by atoms with van der Waals surface area (Å²) in [5.41, 5.74) is 7.21. The molecule has 0 aliphatic carbocycles. The van der Waals surface area contributed by atoms with Crippen molar-refractivity contribution in [2.24, 2.45) is 11.8 Å². The van der Waals surface area contributed by atoms with Crippen LogP contribution >= 0.6 is 0 Å². The Hall–Kier alpha value is -6.90. The highest BCUT2D eigenvalue weighted by molar-refractivity contribution is 6.07. The first kappa shape index (κ1) is 41.5. The van der Waals surface area contributed by atoms with Crippen molar-refractivity contribution in [3.05, 3.63) is 102 Å². The molecule has 1 unspecified atom stereocenters. The highest BCUT2D eigenvalue weighted by atomic mass is 16.5. The first-order valence-electron chi connectivity index (χ1n) is 21.6. The fourth-order valence-electron chi connectivity index (χ4n) is 9.60. The van der Waals surface area contributed by atoms with Gasteiger partial charge in [0.25, 0.3) is 5.91 Å². The maximum absolute atomic E-state index is 14.3. The lowest BCUT2D eigenvalue weighted by atomic mass is 9.92. The maximum Gasteiger partial charge on any atom is 0.407 e. The van der Waals surface area contributed by atoms with E-state index in [0.29, 0.717) is 36.8 Å². The van der Waals surface area contributed by atoms with Crippen molar-refractivity contribution in [3.8, 4) is 28.1 Å². The molecular weight excluding hydrogens is 801 g/mol. The van der Waals surface area contributed by atoms with Crippen LogP contribution < -0.4 is 15.4 Å². The molecule has 4 N–H and O–H groups in total. The number of nitrogens with one attached hydrogen (secondary N) is 4. The van der Waals surface area contributed by atoms with E-state index in [4.69, 9.17) is 24.2 Å². The van der Waals surface area contributed by atoms with Gasteiger partial charge in [-0.1, -0.05) is 69.3 Å². The van der Waals surface area contributed by atoms with Crippen LogP contribution in [0.1, 0.15) is 87.9 Å². The van der Waals surface area contributed by atoms with Gasteiger partial charge < -0.3 is 44.6 Å². The van der Waals surface area contributed by atoms with Gasteiger partial charge in [0.05, 0.1) is 49.2 Å². The van der Waals surface area contributed by atoms with Crippen molar-refractivity contribution >= 4 is 45.8 Å². The number of aromatic nitrogens is 4. The van der Waals surface area contributed by atoms with E-state index in [-0.39, 0.29) is 41.8 Å². The molecule has 9 rings (SSSR count). The molecule has 0 radical (unpaired) electrons. The highest BCUT2D eigenvalue weighted by Gasteiger charge is 2.42. The molecule has 3 aliphatic rings. The second-order valence-corrected chi connectivity index (χ2v) is 17.4. The zero-order chi connectivity index (χ0) is 44.1. The van der Waals surface area contributed by atoms with Gasteiger partial charge in [0.15, 0.2) is 0 Å². The molecule has 4 aromatic carbocycles. The molecule has 2 fully saturated rings. The molecule has 0 spiro atoms. The third-order valence-corrected chi connectivity index (χ3v) is 12.8. The molecule has 2 aromatic heterocycles. The van der Waals surface area contributed by atoms with Crippen molar-refractivity contribution in [1.29, 1.82) is 0 Å². The Labute approximate surface area is 364 Å². The topological polar surface area (TPSA) is 184 Å². The minimum Gasteiger partial charge on any atom is -0.488 e. The van der Waals surface area contributed by atoms with Crippen LogP contribution in [-0.4, -0.2) is 86.6 Å². The van der Waals surface area contributed by atoms with Crippen LogP contribution in [-0.2, 0) is 25.7 Å². The molecule has 0 saturated carbocycles. The standard InChI is InChI=1S/C48H52N8O7/c1-25(2)40(53-47(59)61-5)46(58)56-27(4)12-17-37(56)43-49-22-36(51-43)30-13-15-32-31(19-30)24-63-39-21-33-29(20-34(32)39)14-16-35-42(33)52-44(50-35)38-18-26(3)23-55(38)45(57)41(54-48(60)62-6)28-10-8-7-9-11-28/h7-11,13-16,19-22,25-27,37-38,40-41H,12,17-18,23-24H2,1-6H3,(H,49,51)(H,50,52)(H,53,59)(H,54,60)/t26-,27-,37-,38-,40?,41+/m0/s1. The smallest absolute Gasteiger partial charge is 0.407 e. The van der Waals surface area contributed by atoms with Crippen molar-refractivity contribution in [1.82, 2.24) is 40.4 Å². The molecule has 3 aliphatic heterocycles.